The largest absolute Gasteiger partial charge is 0.360 e. The highest BCUT2D eigenvalue weighted by Gasteiger charge is 2.39. The van der Waals surface area contributed by atoms with Crippen LogP contribution in [0.4, 0.5) is 14.5 Å². The van der Waals surface area contributed by atoms with Crippen LogP contribution >= 0.6 is 0 Å². The van der Waals surface area contributed by atoms with Crippen molar-refractivity contribution < 1.29 is 22.0 Å². The summed E-state index contributed by atoms with van der Waals surface area (Å²) in [6, 6.07) is 1.98. The first kappa shape index (κ1) is 19.6. The zero-order chi connectivity index (χ0) is 19.9. The molecule has 0 bridgehead atoms. The Hall–Kier alpha value is -1.70. The Morgan fingerprint density at radius 3 is 2.54 bits per heavy atom. The second kappa shape index (κ2) is 7.61. The molecule has 1 aromatic rings. The summed E-state index contributed by atoms with van der Waals surface area (Å²) in [5.41, 5.74) is 0.902. The van der Waals surface area contributed by atoms with Gasteiger partial charge in [-0.05, 0) is 43.7 Å². The minimum Gasteiger partial charge on any atom is -0.360 e. The molecule has 5 nitrogen and oxygen atoms in total. The standard InChI is InChI=1S/C20H26F2N2O3S/c21-15-10-14-4-3-8-23(20(14)18(22)11-15)12-19(25)24(16-5-1-2-6-16)17-7-9-28(26,27)13-17/h10-11,16-17H,1-9,12-13H2. The summed E-state index contributed by atoms with van der Waals surface area (Å²) in [5.74, 6) is -1.25. The summed E-state index contributed by atoms with van der Waals surface area (Å²) >= 11 is 0. The molecule has 2 fully saturated rings. The summed E-state index contributed by atoms with van der Waals surface area (Å²) in [7, 11) is -3.11. The molecule has 2 aliphatic heterocycles. The van der Waals surface area contributed by atoms with Gasteiger partial charge >= 0.3 is 0 Å². The van der Waals surface area contributed by atoms with E-state index in [1.807, 2.05) is 0 Å². The van der Waals surface area contributed by atoms with E-state index >= 15 is 0 Å². The summed E-state index contributed by atoms with van der Waals surface area (Å²) in [6.07, 6.45) is 5.63. The van der Waals surface area contributed by atoms with Gasteiger partial charge in [0.05, 0.1) is 23.7 Å². The molecular formula is C20H26F2N2O3S. The van der Waals surface area contributed by atoms with Crippen molar-refractivity contribution >= 4 is 21.4 Å². The minimum atomic E-state index is -3.11. The minimum absolute atomic E-state index is 0.00258. The van der Waals surface area contributed by atoms with Crippen molar-refractivity contribution in [3.05, 3.63) is 29.3 Å². The van der Waals surface area contributed by atoms with Crippen molar-refractivity contribution in [1.29, 1.82) is 0 Å². The predicted octanol–water partition coefficient (Wildman–Crippen LogP) is 2.68. The zero-order valence-electron chi connectivity index (χ0n) is 15.9. The third-order valence-electron chi connectivity index (χ3n) is 6.23. The number of fused-ring (bicyclic) bond motifs is 1. The number of carbonyl (C=O) groups excluding carboxylic acids is 1. The van der Waals surface area contributed by atoms with E-state index in [4.69, 9.17) is 0 Å². The zero-order valence-corrected chi connectivity index (χ0v) is 16.7. The molecule has 1 aliphatic carbocycles. The molecule has 154 valence electrons. The summed E-state index contributed by atoms with van der Waals surface area (Å²) in [5, 5.41) is 0. The Balaban J connectivity index is 1.57. The van der Waals surface area contributed by atoms with Crippen LogP contribution in [0, 0.1) is 11.6 Å². The van der Waals surface area contributed by atoms with Crippen molar-refractivity contribution in [2.45, 2.75) is 57.0 Å². The van der Waals surface area contributed by atoms with Crippen LogP contribution in [0.3, 0.4) is 0 Å². The second-order valence-electron chi connectivity index (χ2n) is 8.22. The fourth-order valence-electron chi connectivity index (χ4n) is 5.02. The van der Waals surface area contributed by atoms with Gasteiger partial charge in [-0.1, -0.05) is 12.8 Å². The molecule has 8 heteroatoms. The van der Waals surface area contributed by atoms with Crippen LogP contribution in [0.5, 0.6) is 0 Å². The van der Waals surface area contributed by atoms with Crippen LogP contribution in [-0.4, -0.2) is 55.9 Å². The third kappa shape index (κ3) is 3.88. The van der Waals surface area contributed by atoms with Crippen LogP contribution in [0.15, 0.2) is 12.1 Å². The number of rotatable bonds is 4. The Morgan fingerprint density at radius 1 is 1.11 bits per heavy atom. The Kier molecular flexibility index (Phi) is 5.33. The third-order valence-corrected chi connectivity index (χ3v) is 7.98. The number of hydrogen-bond acceptors (Lipinski definition) is 4. The molecule has 3 aliphatic rings. The quantitative estimate of drug-likeness (QED) is 0.763. The molecule has 1 aromatic carbocycles. The molecule has 28 heavy (non-hydrogen) atoms. The van der Waals surface area contributed by atoms with Crippen LogP contribution in [-0.2, 0) is 21.1 Å². The topological polar surface area (TPSA) is 57.7 Å². The average molecular weight is 413 g/mol. The number of anilines is 1. The van der Waals surface area contributed by atoms with Gasteiger partial charge in [0.1, 0.15) is 11.6 Å². The number of carbonyl (C=O) groups is 1. The maximum absolute atomic E-state index is 14.5. The van der Waals surface area contributed by atoms with Gasteiger partial charge in [-0.15, -0.1) is 0 Å². The molecule has 1 saturated heterocycles. The normalized spacial score (nSPS) is 24.4. The molecule has 1 unspecified atom stereocenters. The van der Waals surface area contributed by atoms with Crippen molar-refractivity contribution in [3.8, 4) is 0 Å². The van der Waals surface area contributed by atoms with Crippen LogP contribution < -0.4 is 4.90 Å². The van der Waals surface area contributed by atoms with Gasteiger partial charge < -0.3 is 9.80 Å². The Labute approximate surface area is 164 Å². The van der Waals surface area contributed by atoms with E-state index in [0.717, 1.165) is 38.2 Å². The molecule has 1 saturated carbocycles. The Bertz CT molecular complexity index is 868. The smallest absolute Gasteiger partial charge is 0.242 e. The SMILES string of the molecule is O=C(CN1CCCc2cc(F)cc(F)c21)N(C1CCCC1)C1CCS(=O)(=O)C1. The maximum atomic E-state index is 14.5. The molecule has 1 atom stereocenters. The molecule has 0 spiro atoms. The van der Waals surface area contributed by atoms with E-state index in [-0.39, 0.29) is 36.0 Å². The van der Waals surface area contributed by atoms with E-state index in [1.54, 1.807) is 9.80 Å². The van der Waals surface area contributed by atoms with E-state index in [0.29, 0.717) is 30.6 Å². The highest BCUT2D eigenvalue weighted by atomic mass is 32.2. The fourth-order valence-corrected chi connectivity index (χ4v) is 6.73. The molecule has 2 heterocycles. The predicted molar refractivity (Wildman–Crippen MR) is 103 cm³/mol. The average Bonchev–Trinajstić information content (AvgIpc) is 3.25. The van der Waals surface area contributed by atoms with Crippen molar-refractivity contribution in [1.82, 2.24) is 4.90 Å². The lowest BCUT2D eigenvalue weighted by atomic mass is 10.0. The molecule has 4 rings (SSSR count). The maximum Gasteiger partial charge on any atom is 0.242 e. The van der Waals surface area contributed by atoms with E-state index in [1.165, 1.54) is 6.07 Å². The van der Waals surface area contributed by atoms with Crippen molar-refractivity contribution in [3.63, 3.8) is 0 Å². The molecule has 1 amide bonds. The van der Waals surface area contributed by atoms with Crippen LogP contribution in [0.2, 0.25) is 0 Å². The van der Waals surface area contributed by atoms with E-state index < -0.39 is 21.5 Å². The van der Waals surface area contributed by atoms with Gasteiger partial charge in [-0.2, -0.15) is 0 Å². The number of benzene rings is 1. The molecule has 0 radical (unpaired) electrons. The molecule has 0 N–H and O–H groups in total. The second-order valence-corrected chi connectivity index (χ2v) is 10.4. The first-order valence-electron chi connectivity index (χ1n) is 10.1. The summed E-state index contributed by atoms with van der Waals surface area (Å²) < 4.78 is 52.0. The highest BCUT2D eigenvalue weighted by molar-refractivity contribution is 7.91. The fraction of sp³-hybridized carbons (Fsp3) is 0.650. The number of halogens is 2. The van der Waals surface area contributed by atoms with Crippen molar-refractivity contribution in [2.24, 2.45) is 0 Å². The summed E-state index contributed by atoms with van der Waals surface area (Å²) in [4.78, 5) is 16.8. The number of amides is 1. The van der Waals surface area contributed by atoms with Gasteiger partial charge in [0.2, 0.25) is 5.91 Å². The number of nitrogens with zero attached hydrogens (tertiary/aromatic N) is 2. The lowest BCUT2D eigenvalue weighted by molar-refractivity contribution is -0.134. The lowest BCUT2D eigenvalue weighted by Crippen LogP contribution is -2.51. The first-order valence-corrected chi connectivity index (χ1v) is 11.9. The van der Waals surface area contributed by atoms with Gasteiger partial charge in [0.25, 0.3) is 0 Å². The van der Waals surface area contributed by atoms with E-state index in [2.05, 4.69) is 0 Å². The van der Waals surface area contributed by atoms with Crippen molar-refractivity contribution in [2.75, 3.05) is 29.5 Å². The number of hydrogen-bond donors (Lipinski definition) is 0. The van der Waals surface area contributed by atoms with Gasteiger partial charge in [0.15, 0.2) is 9.84 Å². The highest BCUT2D eigenvalue weighted by Crippen LogP contribution is 2.33. The van der Waals surface area contributed by atoms with E-state index in [9.17, 15) is 22.0 Å². The Morgan fingerprint density at radius 2 is 1.86 bits per heavy atom. The van der Waals surface area contributed by atoms with Gasteiger partial charge in [-0.25, -0.2) is 17.2 Å². The van der Waals surface area contributed by atoms with Gasteiger partial charge in [-0.3, -0.25) is 4.79 Å². The van der Waals surface area contributed by atoms with Crippen LogP contribution in [0.1, 0.15) is 44.1 Å². The monoisotopic (exact) mass is 412 g/mol. The first-order chi connectivity index (χ1) is 13.3. The summed E-state index contributed by atoms with van der Waals surface area (Å²) in [6.45, 7) is 0.533. The van der Waals surface area contributed by atoms with Gasteiger partial charge in [0, 0.05) is 24.7 Å². The molecule has 0 aromatic heterocycles. The number of aryl methyl sites for hydroxylation is 1. The van der Waals surface area contributed by atoms with Crippen LogP contribution in [0.25, 0.3) is 0 Å². The number of sulfone groups is 1. The molecular weight excluding hydrogens is 386 g/mol. The lowest BCUT2D eigenvalue weighted by Gasteiger charge is -2.37.